The van der Waals surface area contributed by atoms with E-state index in [0.717, 1.165) is 4.52 Å². The van der Waals surface area contributed by atoms with Crippen LogP contribution in [0.5, 0.6) is 0 Å². The maximum atomic E-state index is 13.3. The molecule has 90 valence electrons. The van der Waals surface area contributed by atoms with Crippen molar-refractivity contribution >= 4 is 11.6 Å². The molecule has 0 fully saturated rings. The molecule has 7 heteroatoms. The third-order valence-electron chi connectivity index (χ3n) is 2.27. The van der Waals surface area contributed by atoms with E-state index in [1.54, 1.807) is 6.92 Å². The molecule has 17 heavy (non-hydrogen) atoms. The van der Waals surface area contributed by atoms with Crippen LogP contribution in [0, 0.1) is 12.7 Å². The van der Waals surface area contributed by atoms with Crippen LogP contribution in [0.2, 0.25) is 0 Å². The third-order valence-corrected chi connectivity index (χ3v) is 2.27. The van der Waals surface area contributed by atoms with Gasteiger partial charge in [-0.05, 0) is 13.8 Å². The summed E-state index contributed by atoms with van der Waals surface area (Å²) in [6.45, 7) is 3.23. The predicted octanol–water partition coefficient (Wildman–Crippen LogP) is 0.647. The second kappa shape index (κ2) is 4.00. The molecule has 0 aliphatic rings. The second-order valence-corrected chi connectivity index (χ2v) is 3.38. The van der Waals surface area contributed by atoms with E-state index in [-0.39, 0.29) is 23.5 Å². The lowest BCUT2D eigenvalue weighted by molar-refractivity contribution is 0.0528. The summed E-state index contributed by atoms with van der Waals surface area (Å²) in [5.74, 6) is -1.55. The summed E-state index contributed by atoms with van der Waals surface area (Å²) < 4.78 is 19.0. The van der Waals surface area contributed by atoms with Crippen molar-refractivity contribution in [1.82, 2.24) is 14.6 Å². The average Bonchev–Trinajstić information content (AvgIpc) is 2.70. The van der Waals surface area contributed by atoms with Gasteiger partial charge in [0.2, 0.25) is 5.82 Å². The maximum absolute atomic E-state index is 13.3. The molecule has 0 bridgehead atoms. The highest BCUT2D eigenvalue weighted by molar-refractivity contribution is 5.95. The molecule has 0 aliphatic carbocycles. The monoisotopic (exact) mass is 239 g/mol. The van der Waals surface area contributed by atoms with Crippen LogP contribution in [0.4, 0.5) is 4.39 Å². The lowest BCUT2D eigenvalue weighted by Crippen LogP contribution is -2.21. The van der Waals surface area contributed by atoms with E-state index in [4.69, 9.17) is 4.74 Å². The van der Waals surface area contributed by atoms with Crippen LogP contribution in [0.25, 0.3) is 5.65 Å². The number of aryl methyl sites for hydroxylation is 1. The minimum absolute atomic E-state index is 0.0554. The van der Waals surface area contributed by atoms with Crippen LogP contribution in [-0.2, 0) is 4.74 Å². The van der Waals surface area contributed by atoms with Gasteiger partial charge in [0, 0.05) is 6.20 Å². The van der Waals surface area contributed by atoms with Gasteiger partial charge in [-0.25, -0.2) is 9.78 Å². The molecule has 2 rings (SSSR count). The molecule has 0 radical (unpaired) electrons. The summed E-state index contributed by atoms with van der Waals surface area (Å²) in [4.78, 5) is 26.9. The van der Waals surface area contributed by atoms with Crippen LogP contribution < -0.4 is 5.56 Å². The Morgan fingerprint density at radius 3 is 3.00 bits per heavy atom. The summed E-state index contributed by atoms with van der Waals surface area (Å²) in [7, 11) is 0. The first kappa shape index (κ1) is 11.3. The smallest absolute Gasteiger partial charge is 0.343 e. The zero-order valence-corrected chi connectivity index (χ0v) is 9.28. The first-order valence-corrected chi connectivity index (χ1v) is 4.99. The number of hydrogen-bond acceptors (Lipinski definition) is 4. The number of rotatable bonds is 2. The van der Waals surface area contributed by atoms with Gasteiger partial charge in [0.15, 0.2) is 5.65 Å². The number of halogens is 1. The molecule has 0 atom stereocenters. The predicted molar refractivity (Wildman–Crippen MR) is 56.5 cm³/mol. The van der Waals surface area contributed by atoms with Crippen LogP contribution in [0.15, 0.2) is 11.0 Å². The van der Waals surface area contributed by atoms with Gasteiger partial charge in [-0.1, -0.05) is 0 Å². The highest BCUT2D eigenvalue weighted by atomic mass is 19.1. The zero-order chi connectivity index (χ0) is 12.6. The van der Waals surface area contributed by atoms with Crippen molar-refractivity contribution < 1.29 is 13.9 Å². The molecule has 2 heterocycles. The molecule has 0 spiro atoms. The fourth-order valence-corrected chi connectivity index (χ4v) is 1.46. The zero-order valence-electron chi connectivity index (χ0n) is 9.28. The van der Waals surface area contributed by atoms with Gasteiger partial charge >= 0.3 is 11.5 Å². The summed E-state index contributed by atoms with van der Waals surface area (Å²) >= 11 is 0. The quantitative estimate of drug-likeness (QED) is 0.780. The Morgan fingerprint density at radius 1 is 1.65 bits per heavy atom. The minimum atomic E-state index is -0.945. The van der Waals surface area contributed by atoms with E-state index in [0.29, 0.717) is 0 Å². The number of carbonyl (C=O) groups is 1. The van der Waals surface area contributed by atoms with E-state index in [2.05, 4.69) is 10.1 Å². The Morgan fingerprint density at radius 2 is 2.35 bits per heavy atom. The number of ether oxygens (including phenoxy) is 1. The summed E-state index contributed by atoms with van der Waals surface area (Å²) in [5, 5.41) is 2.46. The highest BCUT2D eigenvalue weighted by Crippen LogP contribution is 2.09. The molecule has 0 aliphatic heterocycles. The van der Waals surface area contributed by atoms with Gasteiger partial charge < -0.3 is 4.74 Å². The largest absolute Gasteiger partial charge is 0.462 e. The van der Waals surface area contributed by atoms with Gasteiger partial charge in [-0.2, -0.15) is 8.91 Å². The summed E-state index contributed by atoms with van der Waals surface area (Å²) in [5.41, 5.74) is -0.761. The van der Waals surface area contributed by atoms with E-state index >= 15 is 0 Å². The average molecular weight is 239 g/mol. The molecule has 0 amide bonds. The fraction of sp³-hybridized carbons (Fsp3) is 0.300. The molecule has 0 saturated heterocycles. The molecule has 0 aromatic carbocycles. The Labute approximate surface area is 95.0 Å². The Kier molecular flexibility index (Phi) is 2.66. The molecule has 2 aromatic heterocycles. The Balaban J connectivity index is 2.70. The Hall–Kier alpha value is -2.18. The lowest BCUT2D eigenvalue weighted by atomic mass is 10.3. The van der Waals surface area contributed by atoms with Gasteiger partial charge in [0.05, 0.1) is 12.3 Å². The number of hydrogen-bond donors (Lipinski definition) is 1. The fourth-order valence-electron chi connectivity index (χ4n) is 1.46. The van der Waals surface area contributed by atoms with Gasteiger partial charge in [0.1, 0.15) is 5.56 Å². The molecule has 0 unspecified atom stereocenters. The first-order chi connectivity index (χ1) is 8.06. The summed E-state index contributed by atoms with van der Waals surface area (Å²) in [6.07, 6.45) is 1.26. The number of esters is 1. The molecule has 6 nitrogen and oxygen atoms in total. The normalized spacial score (nSPS) is 10.8. The maximum Gasteiger partial charge on any atom is 0.343 e. The van der Waals surface area contributed by atoms with Gasteiger partial charge in [-0.15, -0.1) is 0 Å². The van der Waals surface area contributed by atoms with Crippen molar-refractivity contribution in [3.8, 4) is 0 Å². The SMILES string of the molecule is CCOC(=O)c1c[nH]n2c(=O)c(F)c(C)nc12. The van der Waals surface area contributed by atoms with Crippen molar-refractivity contribution in [1.29, 1.82) is 0 Å². The van der Waals surface area contributed by atoms with E-state index in [1.165, 1.54) is 13.1 Å². The standard InChI is InChI=1S/C10H10FN3O3/c1-3-17-10(16)6-4-12-14-8(6)13-5(2)7(11)9(14)15/h4,12H,3H2,1-2H3. The number of fused-ring (bicyclic) bond motifs is 1. The van der Waals surface area contributed by atoms with Crippen LogP contribution in [0.3, 0.4) is 0 Å². The van der Waals surface area contributed by atoms with E-state index < -0.39 is 17.3 Å². The van der Waals surface area contributed by atoms with Crippen molar-refractivity contribution in [2.75, 3.05) is 6.61 Å². The van der Waals surface area contributed by atoms with Crippen molar-refractivity contribution in [3.05, 3.63) is 33.6 Å². The highest BCUT2D eigenvalue weighted by Gasteiger charge is 2.18. The van der Waals surface area contributed by atoms with Gasteiger partial charge in [0.25, 0.3) is 0 Å². The molecule has 1 N–H and O–H groups in total. The minimum Gasteiger partial charge on any atom is -0.462 e. The summed E-state index contributed by atoms with van der Waals surface area (Å²) in [6, 6.07) is 0. The first-order valence-electron chi connectivity index (χ1n) is 4.99. The molecule has 0 saturated carbocycles. The Bertz CT molecular complexity index is 644. The van der Waals surface area contributed by atoms with Crippen LogP contribution in [-0.4, -0.2) is 27.2 Å². The van der Waals surface area contributed by atoms with Crippen LogP contribution >= 0.6 is 0 Å². The molecule has 2 aromatic rings. The topological polar surface area (TPSA) is 76.5 Å². The molecular weight excluding hydrogens is 229 g/mol. The van der Waals surface area contributed by atoms with Crippen molar-refractivity contribution in [2.45, 2.75) is 13.8 Å². The number of nitrogens with zero attached hydrogens (tertiary/aromatic N) is 2. The third kappa shape index (κ3) is 1.69. The number of H-pyrrole nitrogens is 1. The number of nitrogens with one attached hydrogen (secondary N) is 1. The van der Waals surface area contributed by atoms with Crippen molar-refractivity contribution in [2.24, 2.45) is 0 Å². The molecular formula is C10H10FN3O3. The van der Waals surface area contributed by atoms with Gasteiger partial charge in [-0.3, -0.25) is 9.89 Å². The lowest BCUT2D eigenvalue weighted by Gasteiger charge is -2.00. The van der Waals surface area contributed by atoms with Crippen molar-refractivity contribution in [3.63, 3.8) is 0 Å². The number of carbonyl (C=O) groups excluding carboxylic acids is 1. The van der Waals surface area contributed by atoms with E-state index in [9.17, 15) is 14.0 Å². The number of aromatic nitrogens is 3. The van der Waals surface area contributed by atoms with E-state index in [1.807, 2.05) is 0 Å². The number of aromatic amines is 1. The van der Waals surface area contributed by atoms with Crippen LogP contribution in [0.1, 0.15) is 23.0 Å². The second-order valence-electron chi connectivity index (χ2n) is 3.38.